The lowest BCUT2D eigenvalue weighted by atomic mass is 10.1. The van der Waals surface area contributed by atoms with Crippen molar-refractivity contribution in [2.45, 2.75) is 31.7 Å². The number of carbonyl (C=O) groups excluding carboxylic acids is 1. The van der Waals surface area contributed by atoms with Gasteiger partial charge in [-0.3, -0.25) is 4.79 Å². The molecule has 1 aliphatic heterocycles. The smallest absolute Gasteiger partial charge is 0.221 e. The van der Waals surface area contributed by atoms with Crippen LogP contribution in [-0.2, 0) is 4.79 Å². The number of rotatable bonds is 7. The molecule has 2 rings (SSSR count). The molecule has 0 aromatic carbocycles. The van der Waals surface area contributed by atoms with Gasteiger partial charge in [-0.15, -0.1) is 24.8 Å². The zero-order chi connectivity index (χ0) is 13.3. The number of carbonyl (C=O) groups is 1. The van der Waals surface area contributed by atoms with Gasteiger partial charge in [-0.25, -0.2) is 4.98 Å². The van der Waals surface area contributed by atoms with Crippen molar-refractivity contribution in [3.8, 4) is 0 Å². The monoisotopic (exact) mass is 334 g/mol. The summed E-state index contributed by atoms with van der Waals surface area (Å²) in [5.74, 6) is 1.03. The normalized spacial score (nSPS) is 16.5. The van der Waals surface area contributed by atoms with Crippen LogP contribution in [0, 0.1) is 0 Å². The van der Waals surface area contributed by atoms with Crippen LogP contribution in [-0.4, -0.2) is 36.6 Å². The highest BCUT2D eigenvalue weighted by Gasteiger charge is 2.16. The van der Waals surface area contributed by atoms with Gasteiger partial charge < -0.3 is 16.0 Å². The Morgan fingerprint density at radius 2 is 2.19 bits per heavy atom. The molecule has 5 nitrogen and oxygen atoms in total. The van der Waals surface area contributed by atoms with Crippen molar-refractivity contribution in [1.29, 1.82) is 0 Å². The van der Waals surface area contributed by atoms with E-state index >= 15 is 0 Å². The molecule has 7 heteroatoms. The summed E-state index contributed by atoms with van der Waals surface area (Å²) in [6, 6.07) is 6.16. The van der Waals surface area contributed by atoms with Crippen LogP contribution in [0.1, 0.15) is 25.7 Å². The van der Waals surface area contributed by atoms with E-state index in [0.29, 0.717) is 19.0 Å². The molecule has 1 fully saturated rings. The van der Waals surface area contributed by atoms with E-state index in [9.17, 15) is 4.79 Å². The van der Waals surface area contributed by atoms with Gasteiger partial charge in [-0.05, 0) is 37.9 Å². The molecule has 0 aliphatic carbocycles. The molecule has 0 radical (unpaired) electrons. The third-order valence-electron chi connectivity index (χ3n) is 3.24. The third-order valence-corrected chi connectivity index (χ3v) is 3.24. The number of nitrogens with one attached hydrogen (secondary N) is 3. The molecule has 1 amide bonds. The van der Waals surface area contributed by atoms with Crippen molar-refractivity contribution >= 4 is 36.5 Å². The number of halogens is 2. The number of nitrogens with zero attached hydrogens (tertiary/aromatic N) is 1. The second-order valence-electron chi connectivity index (χ2n) is 4.84. The summed E-state index contributed by atoms with van der Waals surface area (Å²) in [4.78, 5) is 15.8. The molecule has 2 heterocycles. The van der Waals surface area contributed by atoms with E-state index in [1.165, 1.54) is 6.42 Å². The number of hydrogen-bond donors (Lipinski definition) is 3. The zero-order valence-corrected chi connectivity index (χ0v) is 13.6. The van der Waals surface area contributed by atoms with Gasteiger partial charge in [-0.2, -0.15) is 0 Å². The quantitative estimate of drug-likeness (QED) is 0.667. The molecule has 1 aliphatic rings. The third kappa shape index (κ3) is 8.09. The van der Waals surface area contributed by atoms with E-state index in [2.05, 4.69) is 20.9 Å². The summed E-state index contributed by atoms with van der Waals surface area (Å²) < 4.78 is 0. The minimum Gasteiger partial charge on any atom is -0.370 e. The maximum atomic E-state index is 11.6. The number of pyridine rings is 1. The molecule has 0 saturated carbocycles. The SMILES string of the molecule is Cl.Cl.O=C(CC1CCCN1)NCCCNc1ccccn1. The van der Waals surface area contributed by atoms with E-state index in [1.807, 2.05) is 18.2 Å². The van der Waals surface area contributed by atoms with Crippen molar-refractivity contribution in [3.63, 3.8) is 0 Å². The number of amides is 1. The van der Waals surface area contributed by atoms with Gasteiger partial charge in [0, 0.05) is 31.7 Å². The molecular formula is C14H24Cl2N4O. The summed E-state index contributed by atoms with van der Waals surface area (Å²) in [7, 11) is 0. The van der Waals surface area contributed by atoms with Crippen LogP contribution in [0.3, 0.4) is 0 Å². The highest BCUT2D eigenvalue weighted by Crippen LogP contribution is 2.08. The Balaban J connectivity index is 0.00000200. The molecule has 1 saturated heterocycles. The second kappa shape index (κ2) is 11.6. The molecule has 1 unspecified atom stereocenters. The molecule has 0 bridgehead atoms. The minimum absolute atomic E-state index is 0. The maximum Gasteiger partial charge on any atom is 0.221 e. The van der Waals surface area contributed by atoms with Gasteiger partial charge in [0.1, 0.15) is 5.82 Å². The molecule has 1 atom stereocenters. The highest BCUT2D eigenvalue weighted by atomic mass is 35.5. The molecule has 1 aromatic heterocycles. The van der Waals surface area contributed by atoms with Gasteiger partial charge >= 0.3 is 0 Å². The number of aromatic nitrogens is 1. The summed E-state index contributed by atoms with van der Waals surface area (Å²) in [5.41, 5.74) is 0. The van der Waals surface area contributed by atoms with Crippen molar-refractivity contribution in [1.82, 2.24) is 15.6 Å². The van der Waals surface area contributed by atoms with Crippen molar-refractivity contribution in [2.75, 3.05) is 25.0 Å². The Labute approximate surface area is 138 Å². The van der Waals surface area contributed by atoms with E-state index in [4.69, 9.17) is 0 Å². The van der Waals surface area contributed by atoms with Gasteiger partial charge in [0.2, 0.25) is 5.91 Å². The number of hydrogen-bond acceptors (Lipinski definition) is 4. The lowest BCUT2D eigenvalue weighted by Crippen LogP contribution is -2.32. The fraction of sp³-hybridized carbons (Fsp3) is 0.571. The predicted molar refractivity (Wildman–Crippen MR) is 90.5 cm³/mol. The molecule has 120 valence electrons. The molecule has 21 heavy (non-hydrogen) atoms. The lowest BCUT2D eigenvalue weighted by Gasteiger charge is -2.10. The first-order valence-corrected chi connectivity index (χ1v) is 6.99. The summed E-state index contributed by atoms with van der Waals surface area (Å²) in [5, 5.41) is 9.50. The first kappa shape index (κ1) is 20.0. The Kier molecular flexibility index (Phi) is 11.0. The Hall–Kier alpha value is -1.04. The van der Waals surface area contributed by atoms with Crippen molar-refractivity contribution in [2.24, 2.45) is 0 Å². The largest absolute Gasteiger partial charge is 0.370 e. The van der Waals surface area contributed by atoms with Crippen LogP contribution in [0.4, 0.5) is 5.82 Å². The maximum absolute atomic E-state index is 11.6. The Morgan fingerprint density at radius 3 is 2.86 bits per heavy atom. The topological polar surface area (TPSA) is 66.1 Å². The fourth-order valence-electron chi connectivity index (χ4n) is 2.23. The molecule has 3 N–H and O–H groups in total. The minimum atomic E-state index is 0. The van der Waals surface area contributed by atoms with Gasteiger partial charge in [-0.1, -0.05) is 6.07 Å². The highest BCUT2D eigenvalue weighted by molar-refractivity contribution is 5.85. The van der Waals surface area contributed by atoms with Gasteiger partial charge in [0.25, 0.3) is 0 Å². The fourth-order valence-corrected chi connectivity index (χ4v) is 2.23. The van der Waals surface area contributed by atoms with E-state index in [1.54, 1.807) is 6.20 Å². The second-order valence-corrected chi connectivity index (χ2v) is 4.84. The van der Waals surface area contributed by atoms with Crippen LogP contribution in [0.25, 0.3) is 0 Å². The Morgan fingerprint density at radius 1 is 1.33 bits per heavy atom. The van der Waals surface area contributed by atoms with E-state index in [-0.39, 0.29) is 30.7 Å². The number of anilines is 1. The van der Waals surface area contributed by atoms with Crippen molar-refractivity contribution < 1.29 is 4.79 Å². The first-order chi connectivity index (χ1) is 9.34. The molecule has 1 aromatic rings. The average Bonchev–Trinajstić information content (AvgIpc) is 2.92. The van der Waals surface area contributed by atoms with Crippen LogP contribution in [0.5, 0.6) is 0 Å². The average molecular weight is 335 g/mol. The van der Waals surface area contributed by atoms with Crippen LogP contribution >= 0.6 is 24.8 Å². The van der Waals surface area contributed by atoms with Crippen molar-refractivity contribution in [3.05, 3.63) is 24.4 Å². The van der Waals surface area contributed by atoms with E-state index in [0.717, 1.165) is 31.7 Å². The van der Waals surface area contributed by atoms with Crippen LogP contribution in [0.15, 0.2) is 24.4 Å². The zero-order valence-electron chi connectivity index (χ0n) is 12.0. The lowest BCUT2D eigenvalue weighted by molar-refractivity contribution is -0.121. The summed E-state index contributed by atoms with van der Waals surface area (Å²) in [6.07, 6.45) is 5.58. The van der Waals surface area contributed by atoms with Gasteiger partial charge in [0.15, 0.2) is 0 Å². The summed E-state index contributed by atoms with van der Waals surface area (Å²) >= 11 is 0. The molecule has 0 spiro atoms. The van der Waals surface area contributed by atoms with Gasteiger partial charge in [0.05, 0.1) is 0 Å². The summed E-state index contributed by atoms with van der Waals surface area (Å²) in [6.45, 7) is 2.58. The first-order valence-electron chi connectivity index (χ1n) is 6.99. The van der Waals surface area contributed by atoms with Crippen LogP contribution in [0.2, 0.25) is 0 Å². The molecular weight excluding hydrogens is 311 g/mol. The predicted octanol–water partition coefficient (Wildman–Crippen LogP) is 1.99. The standard InChI is InChI=1S/C14H22N4O.2ClH/c19-14(11-12-5-3-8-15-12)18-10-4-9-17-13-6-1-2-7-16-13;;/h1-2,6-7,12,15H,3-5,8-11H2,(H,16,17)(H,18,19);2*1H. The Bertz CT molecular complexity index is 386. The van der Waals surface area contributed by atoms with Crippen LogP contribution < -0.4 is 16.0 Å². The van der Waals surface area contributed by atoms with E-state index < -0.39 is 0 Å².